The SMILES string of the molecule is CN(C(=O)Cc1ccncc1)[C@H](CN1CCCC1)c1ccccc1. The van der Waals surface area contributed by atoms with Gasteiger partial charge in [-0.25, -0.2) is 0 Å². The second-order valence-electron chi connectivity index (χ2n) is 6.47. The number of benzene rings is 1. The molecule has 1 aromatic carbocycles. The van der Waals surface area contributed by atoms with Crippen molar-refractivity contribution in [2.75, 3.05) is 26.7 Å². The van der Waals surface area contributed by atoms with E-state index >= 15 is 0 Å². The van der Waals surface area contributed by atoms with E-state index in [1.165, 1.54) is 18.4 Å². The molecule has 1 aromatic heterocycles. The molecule has 1 amide bonds. The molecule has 126 valence electrons. The van der Waals surface area contributed by atoms with E-state index in [2.05, 4.69) is 22.0 Å². The molecule has 1 atom stereocenters. The molecule has 1 fully saturated rings. The zero-order chi connectivity index (χ0) is 16.8. The molecule has 0 bridgehead atoms. The molecule has 0 unspecified atom stereocenters. The molecule has 2 aromatic rings. The topological polar surface area (TPSA) is 36.4 Å². The average molecular weight is 323 g/mol. The smallest absolute Gasteiger partial charge is 0.227 e. The van der Waals surface area contributed by atoms with Gasteiger partial charge in [0.25, 0.3) is 0 Å². The van der Waals surface area contributed by atoms with Crippen LogP contribution in [0, 0.1) is 0 Å². The average Bonchev–Trinajstić information content (AvgIpc) is 3.14. The van der Waals surface area contributed by atoms with Gasteiger partial charge in [0.2, 0.25) is 5.91 Å². The highest BCUT2D eigenvalue weighted by molar-refractivity contribution is 5.79. The molecule has 1 aliphatic rings. The normalized spacial score (nSPS) is 16.0. The Hall–Kier alpha value is -2.20. The summed E-state index contributed by atoms with van der Waals surface area (Å²) in [4.78, 5) is 21.2. The van der Waals surface area contributed by atoms with E-state index < -0.39 is 0 Å². The Kier molecular flexibility index (Phi) is 5.59. The van der Waals surface area contributed by atoms with Crippen molar-refractivity contribution in [1.82, 2.24) is 14.8 Å². The summed E-state index contributed by atoms with van der Waals surface area (Å²) in [7, 11) is 1.93. The van der Waals surface area contributed by atoms with Gasteiger partial charge in [0.05, 0.1) is 12.5 Å². The van der Waals surface area contributed by atoms with Crippen molar-refractivity contribution < 1.29 is 4.79 Å². The maximum absolute atomic E-state index is 12.8. The van der Waals surface area contributed by atoms with E-state index in [0.717, 1.165) is 25.2 Å². The molecule has 0 radical (unpaired) electrons. The molecule has 2 heterocycles. The molecule has 0 spiro atoms. The molecule has 0 saturated carbocycles. The fourth-order valence-electron chi connectivity index (χ4n) is 3.31. The molecule has 1 aliphatic heterocycles. The molecule has 1 saturated heterocycles. The zero-order valence-corrected chi connectivity index (χ0v) is 14.3. The van der Waals surface area contributed by atoms with Crippen molar-refractivity contribution in [1.29, 1.82) is 0 Å². The number of hydrogen-bond donors (Lipinski definition) is 0. The highest BCUT2D eigenvalue weighted by atomic mass is 16.2. The van der Waals surface area contributed by atoms with Gasteiger partial charge in [-0.3, -0.25) is 9.78 Å². The second-order valence-corrected chi connectivity index (χ2v) is 6.47. The molecule has 4 nitrogen and oxygen atoms in total. The van der Waals surface area contributed by atoms with Crippen LogP contribution in [-0.4, -0.2) is 47.4 Å². The van der Waals surface area contributed by atoms with Gasteiger partial charge in [0.1, 0.15) is 0 Å². The van der Waals surface area contributed by atoms with Crippen molar-refractivity contribution in [2.45, 2.75) is 25.3 Å². The van der Waals surface area contributed by atoms with Crippen LogP contribution in [0.1, 0.15) is 30.0 Å². The minimum absolute atomic E-state index is 0.0960. The highest BCUT2D eigenvalue weighted by Gasteiger charge is 2.25. The third-order valence-electron chi connectivity index (χ3n) is 4.78. The molecule has 0 aliphatic carbocycles. The quantitative estimate of drug-likeness (QED) is 0.820. The number of carbonyl (C=O) groups excluding carboxylic acids is 1. The van der Waals surface area contributed by atoms with E-state index in [4.69, 9.17) is 0 Å². The monoisotopic (exact) mass is 323 g/mol. The number of rotatable bonds is 6. The summed E-state index contributed by atoms with van der Waals surface area (Å²) in [5.74, 6) is 0.147. The lowest BCUT2D eigenvalue weighted by atomic mass is 10.0. The third kappa shape index (κ3) is 4.20. The van der Waals surface area contributed by atoms with Crippen LogP contribution in [0.2, 0.25) is 0 Å². The summed E-state index contributed by atoms with van der Waals surface area (Å²) in [6.07, 6.45) is 6.41. The largest absolute Gasteiger partial charge is 0.337 e. The van der Waals surface area contributed by atoms with Crippen LogP contribution in [0.25, 0.3) is 0 Å². The lowest BCUT2D eigenvalue weighted by Crippen LogP contribution is -2.39. The van der Waals surface area contributed by atoms with Crippen LogP contribution < -0.4 is 0 Å². The van der Waals surface area contributed by atoms with Gasteiger partial charge in [-0.1, -0.05) is 30.3 Å². The number of aromatic nitrogens is 1. The lowest BCUT2D eigenvalue weighted by Gasteiger charge is -2.32. The number of hydrogen-bond acceptors (Lipinski definition) is 3. The van der Waals surface area contributed by atoms with Crippen LogP contribution in [-0.2, 0) is 11.2 Å². The second kappa shape index (κ2) is 8.06. The first-order valence-electron chi connectivity index (χ1n) is 8.66. The molecule has 0 N–H and O–H groups in total. The maximum Gasteiger partial charge on any atom is 0.227 e. The summed E-state index contributed by atoms with van der Waals surface area (Å²) >= 11 is 0. The maximum atomic E-state index is 12.8. The summed E-state index contributed by atoms with van der Waals surface area (Å²) < 4.78 is 0. The first kappa shape index (κ1) is 16.7. The third-order valence-corrected chi connectivity index (χ3v) is 4.78. The van der Waals surface area contributed by atoms with Crippen LogP contribution in [0.15, 0.2) is 54.9 Å². The van der Waals surface area contributed by atoms with Crippen molar-refractivity contribution in [3.05, 3.63) is 66.0 Å². The van der Waals surface area contributed by atoms with Gasteiger partial charge in [0.15, 0.2) is 0 Å². The Bertz CT molecular complexity index is 638. The Balaban J connectivity index is 1.74. The van der Waals surface area contributed by atoms with Crippen LogP contribution in [0.4, 0.5) is 0 Å². The highest BCUT2D eigenvalue weighted by Crippen LogP contribution is 2.23. The van der Waals surface area contributed by atoms with Crippen LogP contribution >= 0.6 is 0 Å². The van der Waals surface area contributed by atoms with Crippen LogP contribution in [0.5, 0.6) is 0 Å². The minimum atomic E-state index is 0.0960. The van der Waals surface area contributed by atoms with Gasteiger partial charge < -0.3 is 9.80 Å². The van der Waals surface area contributed by atoms with Gasteiger partial charge in [0, 0.05) is 26.0 Å². The predicted molar refractivity (Wildman–Crippen MR) is 95.6 cm³/mol. The first-order chi connectivity index (χ1) is 11.7. The first-order valence-corrected chi connectivity index (χ1v) is 8.66. The van der Waals surface area contributed by atoms with E-state index in [1.54, 1.807) is 12.4 Å². The number of amides is 1. The number of likely N-dealkylation sites (tertiary alicyclic amines) is 1. The molecule has 24 heavy (non-hydrogen) atoms. The van der Waals surface area contributed by atoms with E-state index in [0.29, 0.717) is 6.42 Å². The Labute approximate surface area is 144 Å². The van der Waals surface area contributed by atoms with Crippen molar-refractivity contribution in [3.63, 3.8) is 0 Å². The van der Waals surface area contributed by atoms with Gasteiger partial charge in [-0.05, 0) is 49.2 Å². The summed E-state index contributed by atoms with van der Waals surface area (Å²) in [6.45, 7) is 3.17. The van der Waals surface area contributed by atoms with E-state index in [9.17, 15) is 4.79 Å². The lowest BCUT2D eigenvalue weighted by molar-refractivity contribution is -0.131. The van der Waals surface area contributed by atoms with Crippen molar-refractivity contribution in [3.8, 4) is 0 Å². The predicted octanol–water partition coefficient (Wildman–Crippen LogP) is 2.92. The van der Waals surface area contributed by atoms with Gasteiger partial charge in [-0.15, -0.1) is 0 Å². The number of carbonyl (C=O) groups is 1. The Morgan fingerprint density at radius 2 is 1.79 bits per heavy atom. The number of pyridine rings is 1. The summed E-state index contributed by atoms with van der Waals surface area (Å²) in [5.41, 5.74) is 2.21. The van der Waals surface area contributed by atoms with Crippen molar-refractivity contribution >= 4 is 5.91 Å². The Morgan fingerprint density at radius 3 is 2.46 bits per heavy atom. The molecule has 3 rings (SSSR count). The minimum Gasteiger partial charge on any atom is -0.337 e. The molecule has 4 heteroatoms. The Morgan fingerprint density at radius 1 is 1.12 bits per heavy atom. The standard InChI is InChI=1S/C20H25N3O/c1-22(20(24)15-17-9-11-21-12-10-17)19(16-23-13-5-6-14-23)18-7-3-2-4-8-18/h2-4,7-12,19H,5-6,13-16H2,1H3/t19-/m1/s1. The van der Waals surface area contributed by atoms with Gasteiger partial charge in [-0.2, -0.15) is 0 Å². The number of likely N-dealkylation sites (N-methyl/N-ethyl adjacent to an activating group) is 1. The zero-order valence-electron chi connectivity index (χ0n) is 14.3. The molecular weight excluding hydrogens is 298 g/mol. The number of nitrogens with zero attached hydrogens (tertiary/aromatic N) is 3. The van der Waals surface area contributed by atoms with Gasteiger partial charge >= 0.3 is 0 Å². The fourth-order valence-corrected chi connectivity index (χ4v) is 3.31. The van der Waals surface area contributed by atoms with Crippen LogP contribution in [0.3, 0.4) is 0 Å². The summed E-state index contributed by atoms with van der Waals surface area (Å²) in [5, 5.41) is 0. The van der Waals surface area contributed by atoms with E-state index in [-0.39, 0.29) is 11.9 Å². The fraction of sp³-hybridized carbons (Fsp3) is 0.400. The van der Waals surface area contributed by atoms with E-state index in [1.807, 2.05) is 42.3 Å². The summed E-state index contributed by atoms with van der Waals surface area (Å²) in [6, 6.07) is 14.3. The molecular formula is C20H25N3O. The van der Waals surface area contributed by atoms with Crippen molar-refractivity contribution in [2.24, 2.45) is 0 Å².